The lowest BCUT2D eigenvalue weighted by atomic mass is 9.87. The molecule has 1 atom stereocenters. The predicted molar refractivity (Wildman–Crippen MR) is 73.5 cm³/mol. The van der Waals surface area contributed by atoms with Crippen LogP contribution in [-0.2, 0) is 9.53 Å². The Labute approximate surface area is 114 Å². The maximum Gasteiger partial charge on any atom is 0.306 e. The molecule has 0 aromatic heterocycles. The van der Waals surface area contributed by atoms with Crippen molar-refractivity contribution in [1.82, 2.24) is 0 Å². The summed E-state index contributed by atoms with van der Waals surface area (Å²) in [6.07, 6.45) is 1.17. The van der Waals surface area contributed by atoms with E-state index in [1.807, 2.05) is 6.07 Å². The molecule has 0 aliphatic rings. The van der Waals surface area contributed by atoms with Crippen LogP contribution in [0, 0.1) is 5.92 Å². The first kappa shape index (κ1) is 15.3. The Morgan fingerprint density at radius 3 is 2.53 bits per heavy atom. The van der Waals surface area contributed by atoms with Crippen molar-refractivity contribution in [3.05, 3.63) is 23.8 Å². The van der Waals surface area contributed by atoms with E-state index >= 15 is 0 Å². The van der Waals surface area contributed by atoms with Crippen molar-refractivity contribution in [2.24, 2.45) is 5.92 Å². The normalized spacial score (nSPS) is 12.3. The van der Waals surface area contributed by atoms with Crippen LogP contribution in [0.25, 0.3) is 0 Å². The lowest BCUT2D eigenvalue weighted by Crippen LogP contribution is -2.12. The first-order valence-corrected chi connectivity index (χ1v) is 6.41. The fraction of sp³-hybridized carbons (Fsp3) is 0.533. The number of phenolic OH excluding ortho intramolecular Hbond substituents is 1. The van der Waals surface area contributed by atoms with Crippen LogP contribution in [-0.4, -0.2) is 25.3 Å². The van der Waals surface area contributed by atoms with Gasteiger partial charge in [0.2, 0.25) is 0 Å². The number of aromatic hydroxyl groups is 1. The minimum Gasteiger partial charge on any atom is -0.508 e. The van der Waals surface area contributed by atoms with E-state index in [4.69, 9.17) is 9.47 Å². The van der Waals surface area contributed by atoms with Crippen LogP contribution in [0.5, 0.6) is 11.5 Å². The van der Waals surface area contributed by atoms with Crippen LogP contribution in [0.15, 0.2) is 18.2 Å². The fourth-order valence-corrected chi connectivity index (χ4v) is 2.21. The van der Waals surface area contributed by atoms with Crippen molar-refractivity contribution < 1.29 is 19.4 Å². The lowest BCUT2D eigenvalue weighted by molar-refractivity contribution is -0.141. The molecule has 1 aromatic rings. The molecule has 0 radical (unpaired) electrons. The third kappa shape index (κ3) is 4.47. The molecular formula is C15H22O4. The topological polar surface area (TPSA) is 55.8 Å². The zero-order valence-corrected chi connectivity index (χ0v) is 12.0. The molecule has 1 aromatic carbocycles. The van der Waals surface area contributed by atoms with Crippen molar-refractivity contribution in [1.29, 1.82) is 0 Å². The summed E-state index contributed by atoms with van der Waals surface area (Å²) in [6, 6.07) is 4.99. The lowest BCUT2D eigenvalue weighted by Gasteiger charge is -2.20. The van der Waals surface area contributed by atoms with Gasteiger partial charge in [0, 0.05) is 6.07 Å². The largest absolute Gasteiger partial charge is 0.508 e. The SMILES string of the molecule is COC(=O)CC(CC(C)C)c1ccc(O)cc1OC. The van der Waals surface area contributed by atoms with Gasteiger partial charge in [-0.3, -0.25) is 4.79 Å². The standard InChI is InChI=1S/C15H22O4/c1-10(2)7-11(8-15(17)19-4)13-6-5-12(16)9-14(13)18-3/h5-6,9-11,16H,7-8H2,1-4H3. The third-order valence-corrected chi connectivity index (χ3v) is 3.05. The van der Waals surface area contributed by atoms with Crippen LogP contribution in [0.4, 0.5) is 0 Å². The Balaban J connectivity index is 3.05. The second-order valence-electron chi connectivity index (χ2n) is 5.03. The molecule has 0 aliphatic carbocycles. The maximum absolute atomic E-state index is 11.5. The second kappa shape index (κ2) is 7.02. The summed E-state index contributed by atoms with van der Waals surface area (Å²) in [4.78, 5) is 11.5. The Hall–Kier alpha value is -1.71. The van der Waals surface area contributed by atoms with Crippen molar-refractivity contribution in [3.63, 3.8) is 0 Å². The molecule has 1 unspecified atom stereocenters. The monoisotopic (exact) mass is 266 g/mol. The van der Waals surface area contributed by atoms with Gasteiger partial charge in [0.05, 0.1) is 20.6 Å². The quantitative estimate of drug-likeness (QED) is 0.804. The maximum atomic E-state index is 11.5. The zero-order chi connectivity index (χ0) is 14.4. The number of hydrogen-bond acceptors (Lipinski definition) is 4. The number of methoxy groups -OCH3 is 2. The van der Waals surface area contributed by atoms with Gasteiger partial charge in [-0.05, 0) is 29.9 Å². The molecule has 19 heavy (non-hydrogen) atoms. The van der Waals surface area contributed by atoms with Crippen molar-refractivity contribution in [2.75, 3.05) is 14.2 Å². The first-order valence-electron chi connectivity index (χ1n) is 6.41. The van der Waals surface area contributed by atoms with E-state index in [-0.39, 0.29) is 17.6 Å². The van der Waals surface area contributed by atoms with Gasteiger partial charge in [-0.2, -0.15) is 0 Å². The van der Waals surface area contributed by atoms with E-state index in [2.05, 4.69) is 13.8 Å². The summed E-state index contributed by atoms with van der Waals surface area (Å²) in [5.41, 5.74) is 0.930. The van der Waals surface area contributed by atoms with E-state index in [9.17, 15) is 9.90 Å². The Kier molecular flexibility index (Phi) is 5.67. The highest BCUT2D eigenvalue weighted by atomic mass is 16.5. The number of carbonyl (C=O) groups is 1. The van der Waals surface area contributed by atoms with Crippen LogP contribution in [0.2, 0.25) is 0 Å². The zero-order valence-electron chi connectivity index (χ0n) is 12.0. The molecule has 0 spiro atoms. The predicted octanol–water partition coefficient (Wildman–Crippen LogP) is 3.09. The molecule has 0 aliphatic heterocycles. The van der Waals surface area contributed by atoms with Crippen LogP contribution >= 0.6 is 0 Å². The molecule has 1 rings (SSSR count). The number of esters is 1. The summed E-state index contributed by atoms with van der Waals surface area (Å²) in [5.74, 6) is 1.01. The number of benzene rings is 1. The van der Waals surface area contributed by atoms with Gasteiger partial charge in [-0.25, -0.2) is 0 Å². The number of hydrogen-bond donors (Lipinski definition) is 1. The van der Waals surface area contributed by atoms with Gasteiger partial charge in [-0.1, -0.05) is 19.9 Å². The minimum absolute atomic E-state index is 0.0306. The average Bonchev–Trinajstić information content (AvgIpc) is 2.37. The first-order chi connectivity index (χ1) is 8.97. The average molecular weight is 266 g/mol. The van der Waals surface area contributed by atoms with Gasteiger partial charge in [0.25, 0.3) is 0 Å². The van der Waals surface area contributed by atoms with Crippen LogP contribution in [0.1, 0.15) is 38.2 Å². The van der Waals surface area contributed by atoms with E-state index in [0.717, 1.165) is 12.0 Å². The van der Waals surface area contributed by atoms with E-state index in [1.165, 1.54) is 7.11 Å². The highest BCUT2D eigenvalue weighted by molar-refractivity contribution is 5.70. The summed E-state index contributed by atoms with van der Waals surface area (Å²) >= 11 is 0. The third-order valence-electron chi connectivity index (χ3n) is 3.05. The summed E-state index contributed by atoms with van der Waals surface area (Å²) in [5, 5.41) is 9.49. The summed E-state index contributed by atoms with van der Waals surface area (Å²) < 4.78 is 10.0. The smallest absolute Gasteiger partial charge is 0.306 e. The molecular weight excluding hydrogens is 244 g/mol. The summed E-state index contributed by atoms with van der Waals surface area (Å²) in [7, 11) is 2.95. The Morgan fingerprint density at radius 1 is 1.32 bits per heavy atom. The Bertz CT molecular complexity index is 426. The molecule has 106 valence electrons. The van der Waals surface area contributed by atoms with Gasteiger partial charge in [-0.15, -0.1) is 0 Å². The molecule has 0 saturated heterocycles. The van der Waals surface area contributed by atoms with Gasteiger partial charge >= 0.3 is 5.97 Å². The van der Waals surface area contributed by atoms with Crippen molar-refractivity contribution >= 4 is 5.97 Å². The molecule has 0 fully saturated rings. The molecule has 1 N–H and O–H groups in total. The van der Waals surface area contributed by atoms with Crippen molar-refractivity contribution in [3.8, 4) is 11.5 Å². The van der Waals surface area contributed by atoms with Gasteiger partial charge < -0.3 is 14.6 Å². The number of phenols is 1. The van der Waals surface area contributed by atoms with Crippen molar-refractivity contribution in [2.45, 2.75) is 32.6 Å². The van der Waals surface area contributed by atoms with Crippen LogP contribution < -0.4 is 4.74 Å². The molecule has 0 saturated carbocycles. The summed E-state index contributed by atoms with van der Waals surface area (Å²) in [6.45, 7) is 4.22. The minimum atomic E-state index is -0.235. The number of rotatable bonds is 6. The van der Waals surface area contributed by atoms with E-state index < -0.39 is 0 Å². The highest BCUT2D eigenvalue weighted by Crippen LogP contribution is 2.35. The fourth-order valence-electron chi connectivity index (χ4n) is 2.21. The molecule has 0 bridgehead atoms. The molecule has 4 nitrogen and oxygen atoms in total. The molecule has 0 heterocycles. The Morgan fingerprint density at radius 2 is 2.00 bits per heavy atom. The molecule has 4 heteroatoms. The van der Waals surface area contributed by atoms with Crippen LogP contribution in [0.3, 0.4) is 0 Å². The molecule has 0 amide bonds. The number of ether oxygens (including phenoxy) is 2. The second-order valence-corrected chi connectivity index (χ2v) is 5.03. The van der Waals surface area contributed by atoms with E-state index in [1.54, 1.807) is 19.2 Å². The van der Waals surface area contributed by atoms with E-state index in [0.29, 0.717) is 18.1 Å². The van der Waals surface area contributed by atoms with Gasteiger partial charge in [0.1, 0.15) is 11.5 Å². The number of carbonyl (C=O) groups excluding carboxylic acids is 1. The van der Waals surface area contributed by atoms with Gasteiger partial charge in [0.15, 0.2) is 0 Å². The highest BCUT2D eigenvalue weighted by Gasteiger charge is 2.21.